The number of ether oxygens (including phenoxy) is 2. The third kappa shape index (κ3) is 37.4. The van der Waals surface area contributed by atoms with E-state index in [4.69, 9.17) is 9.47 Å². The molecular weight excluding hydrogens is 572 g/mol. The molecule has 0 bridgehead atoms. The van der Waals surface area contributed by atoms with Gasteiger partial charge in [0.2, 0.25) is 0 Å². The molecule has 0 aliphatic rings. The number of unbranched alkanes of at least 4 members (excludes halogenated alkanes) is 27. The molecule has 0 rings (SSSR count). The monoisotopic (exact) mass is 653 g/mol. The molecule has 0 amide bonds. The molecule has 274 valence electrons. The molecule has 0 aromatic rings. The van der Waals surface area contributed by atoms with Gasteiger partial charge in [0.15, 0.2) is 0 Å². The van der Waals surface area contributed by atoms with Gasteiger partial charge in [0.05, 0.1) is 0 Å². The van der Waals surface area contributed by atoms with Gasteiger partial charge in [0, 0.05) is 12.8 Å². The fourth-order valence-corrected chi connectivity index (χ4v) is 6.15. The third-order valence-electron chi connectivity index (χ3n) is 9.27. The zero-order valence-corrected chi connectivity index (χ0v) is 31.3. The van der Waals surface area contributed by atoms with Gasteiger partial charge in [-0.05, 0) is 18.8 Å². The Morgan fingerprint density at radius 3 is 0.978 bits per heavy atom. The van der Waals surface area contributed by atoms with Crippen molar-refractivity contribution in [2.75, 3.05) is 13.2 Å². The van der Waals surface area contributed by atoms with E-state index in [-0.39, 0.29) is 25.2 Å². The maximum absolute atomic E-state index is 12.0. The van der Waals surface area contributed by atoms with E-state index in [1.165, 1.54) is 167 Å². The van der Waals surface area contributed by atoms with Crippen LogP contribution < -0.4 is 0 Å². The first-order valence-corrected chi connectivity index (χ1v) is 20.4. The van der Waals surface area contributed by atoms with Gasteiger partial charge in [0.25, 0.3) is 0 Å². The van der Waals surface area contributed by atoms with Crippen molar-refractivity contribution in [2.45, 2.75) is 232 Å². The van der Waals surface area contributed by atoms with Crippen LogP contribution >= 0.6 is 0 Å². The van der Waals surface area contributed by atoms with Crippen LogP contribution in [-0.2, 0) is 19.1 Å². The molecule has 0 aromatic heterocycles. The lowest BCUT2D eigenvalue weighted by Gasteiger charge is -2.12. The quantitative estimate of drug-likeness (QED) is 0.0534. The Hall–Kier alpha value is -1.10. The van der Waals surface area contributed by atoms with E-state index >= 15 is 0 Å². The minimum absolute atomic E-state index is 0.108. The van der Waals surface area contributed by atoms with Crippen LogP contribution in [0.3, 0.4) is 0 Å². The molecule has 0 saturated carbocycles. The van der Waals surface area contributed by atoms with Gasteiger partial charge in [0.1, 0.15) is 19.3 Å². The fraction of sp³-hybridized carbons (Fsp3) is 0.951. The van der Waals surface area contributed by atoms with E-state index in [1.807, 2.05) is 0 Å². The standard InChI is InChI=1S/C41H80O5/c1-4-5-6-7-8-9-10-11-12-13-14-15-16-19-22-25-28-31-34-40(43)45-36-39(42)37-46-41(44)35-32-29-26-23-20-17-18-21-24-27-30-33-38(2)3/h38-39,42H,4-37H2,1-3H3/t39-/m1/s1. The summed E-state index contributed by atoms with van der Waals surface area (Å²) < 4.78 is 10.3. The molecule has 0 radical (unpaired) electrons. The van der Waals surface area contributed by atoms with E-state index in [0.717, 1.165) is 31.6 Å². The zero-order valence-electron chi connectivity index (χ0n) is 31.3. The number of rotatable bonds is 37. The first kappa shape index (κ1) is 44.9. The van der Waals surface area contributed by atoms with Crippen LogP contribution in [0.2, 0.25) is 0 Å². The molecule has 0 saturated heterocycles. The van der Waals surface area contributed by atoms with Crippen LogP contribution in [0.4, 0.5) is 0 Å². The summed E-state index contributed by atoms with van der Waals surface area (Å²) in [5, 5.41) is 10.0. The molecule has 5 nitrogen and oxygen atoms in total. The highest BCUT2D eigenvalue weighted by Gasteiger charge is 2.12. The summed E-state index contributed by atoms with van der Waals surface area (Å²) in [4.78, 5) is 23.9. The van der Waals surface area contributed by atoms with Gasteiger partial charge in [-0.15, -0.1) is 0 Å². The summed E-state index contributed by atoms with van der Waals surface area (Å²) in [5.74, 6) is 0.285. The van der Waals surface area contributed by atoms with Crippen molar-refractivity contribution in [2.24, 2.45) is 5.92 Å². The summed E-state index contributed by atoms with van der Waals surface area (Å²) in [7, 11) is 0. The van der Waals surface area contributed by atoms with E-state index in [2.05, 4.69) is 20.8 Å². The topological polar surface area (TPSA) is 72.8 Å². The van der Waals surface area contributed by atoms with E-state index in [0.29, 0.717) is 12.8 Å². The molecule has 5 heteroatoms. The lowest BCUT2D eigenvalue weighted by Crippen LogP contribution is -2.25. The lowest BCUT2D eigenvalue weighted by atomic mass is 10.0. The highest BCUT2D eigenvalue weighted by molar-refractivity contribution is 5.69. The van der Waals surface area contributed by atoms with Crippen molar-refractivity contribution in [3.63, 3.8) is 0 Å². The van der Waals surface area contributed by atoms with Gasteiger partial charge in [-0.25, -0.2) is 0 Å². The summed E-state index contributed by atoms with van der Waals surface area (Å²) in [6, 6.07) is 0. The van der Waals surface area contributed by atoms with E-state index in [9.17, 15) is 14.7 Å². The minimum Gasteiger partial charge on any atom is -0.463 e. The zero-order chi connectivity index (χ0) is 33.8. The smallest absolute Gasteiger partial charge is 0.305 e. The second kappa shape index (κ2) is 36.7. The molecule has 0 aliphatic carbocycles. The number of esters is 2. The van der Waals surface area contributed by atoms with Crippen molar-refractivity contribution in [1.29, 1.82) is 0 Å². The molecule has 0 unspecified atom stereocenters. The van der Waals surface area contributed by atoms with Crippen LogP contribution in [0, 0.1) is 5.92 Å². The number of hydrogen-bond acceptors (Lipinski definition) is 5. The Balaban J connectivity index is 3.37. The highest BCUT2D eigenvalue weighted by atomic mass is 16.6. The summed E-state index contributed by atoms with van der Waals surface area (Å²) in [6.07, 6.45) is 38.8. The average Bonchev–Trinajstić information content (AvgIpc) is 3.04. The molecule has 46 heavy (non-hydrogen) atoms. The number of hydrogen-bond donors (Lipinski definition) is 1. The molecule has 0 fully saturated rings. The van der Waals surface area contributed by atoms with Crippen molar-refractivity contribution in [3.05, 3.63) is 0 Å². The maximum atomic E-state index is 12.0. The largest absolute Gasteiger partial charge is 0.463 e. The van der Waals surface area contributed by atoms with Crippen LogP contribution in [0.1, 0.15) is 226 Å². The summed E-state index contributed by atoms with van der Waals surface area (Å²) in [6.45, 7) is 6.67. The predicted molar refractivity (Wildman–Crippen MR) is 196 cm³/mol. The fourth-order valence-electron chi connectivity index (χ4n) is 6.15. The van der Waals surface area contributed by atoms with Gasteiger partial charge in [-0.1, -0.05) is 201 Å². The van der Waals surface area contributed by atoms with Crippen LogP contribution in [0.15, 0.2) is 0 Å². The SMILES string of the molecule is CCCCCCCCCCCCCCCCCCCCC(=O)OC[C@@H](O)COC(=O)CCCCCCCCCCCCCC(C)C. The molecule has 1 N–H and O–H groups in total. The van der Waals surface area contributed by atoms with Crippen LogP contribution in [0.25, 0.3) is 0 Å². The Labute approximate surface area is 287 Å². The highest BCUT2D eigenvalue weighted by Crippen LogP contribution is 2.16. The lowest BCUT2D eigenvalue weighted by molar-refractivity contribution is -0.152. The normalized spacial score (nSPS) is 12.1. The van der Waals surface area contributed by atoms with Crippen molar-refractivity contribution in [1.82, 2.24) is 0 Å². The second-order valence-corrected chi connectivity index (χ2v) is 14.6. The van der Waals surface area contributed by atoms with Crippen molar-refractivity contribution in [3.8, 4) is 0 Å². The number of aliphatic hydroxyl groups is 1. The molecule has 1 atom stereocenters. The van der Waals surface area contributed by atoms with E-state index < -0.39 is 6.10 Å². The number of aliphatic hydroxyl groups excluding tert-OH is 1. The molecule has 0 aliphatic heterocycles. The van der Waals surface area contributed by atoms with Crippen LogP contribution in [0.5, 0.6) is 0 Å². The molecule has 0 spiro atoms. The number of carbonyl (C=O) groups excluding carboxylic acids is 2. The van der Waals surface area contributed by atoms with Gasteiger partial charge in [-0.2, -0.15) is 0 Å². The van der Waals surface area contributed by atoms with Gasteiger partial charge in [-0.3, -0.25) is 9.59 Å². The Morgan fingerprint density at radius 2 is 0.696 bits per heavy atom. The van der Waals surface area contributed by atoms with Crippen LogP contribution in [-0.4, -0.2) is 36.4 Å². The maximum Gasteiger partial charge on any atom is 0.305 e. The third-order valence-corrected chi connectivity index (χ3v) is 9.27. The van der Waals surface area contributed by atoms with Crippen molar-refractivity contribution < 1.29 is 24.2 Å². The summed E-state index contributed by atoms with van der Waals surface area (Å²) >= 11 is 0. The predicted octanol–water partition coefficient (Wildman–Crippen LogP) is 12.6. The second-order valence-electron chi connectivity index (χ2n) is 14.6. The molecule has 0 heterocycles. The van der Waals surface area contributed by atoms with Gasteiger partial charge < -0.3 is 14.6 Å². The van der Waals surface area contributed by atoms with E-state index in [1.54, 1.807) is 0 Å². The first-order valence-electron chi connectivity index (χ1n) is 20.4. The molecule has 0 aromatic carbocycles. The average molecular weight is 653 g/mol. The molecular formula is C41H80O5. The Kier molecular flexibility index (Phi) is 35.9. The van der Waals surface area contributed by atoms with Gasteiger partial charge >= 0.3 is 11.9 Å². The summed E-state index contributed by atoms with van der Waals surface area (Å²) in [5.41, 5.74) is 0. The Morgan fingerprint density at radius 1 is 0.435 bits per heavy atom. The first-order chi connectivity index (χ1) is 22.5. The number of carbonyl (C=O) groups is 2. The Bertz CT molecular complexity index is 634. The van der Waals surface area contributed by atoms with Crippen molar-refractivity contribution >= 4 is 11.9 Å². The minimum atomic E-state index is -0.955.